The second kappa shape index (κ2) is 6.09. The number of rotatable bonds is 4. The number of hydrogen-bond donors (Lipinski definition) is 0. The summed E-state index contributed by atoms with van der Waals surface area (Å²) in [6.07, 6.45) is 0. The quantitative estimate of drug-likeness (QED) is 0.843. The van der Waals surface area contributed by atoms with Gasteiger partial charge in [-0.15, -0.1) is 5.10 Å². The van der Waals surface area contributed by atoms with Crippen molar-refractivity contribution < 1.29 is 4.79 Å². The van der Waals surface area contributed by atoms with Crippen molar-refractivity contribution in [3.05, 3.63) is 59.4 Å². The monoisotopic (exact) mass is 255 g/mol. The van der Waals surface area contributed by atoms with Crippen molar-refractivity contribution in [2.45, 2.75) is 20.4 Å². The second-order valence-electron chi connectivity index (χ2n) is 4.36. The number of aryl methyl sites for hydroxylation is 1. The third-order valence-corrected chi connectivity index (χ3v) is 2.90. The van der Waals surface area contributed by atoms with Gasteiger partial charge in [0.1, 0.15) is 0 Å². The zero-order valence-corrected chi connectivity index (χ0v) is 11.2. The molecule has 0 radical (unpaired) electrons. The van der Waals surface area contributed by atoms with Crippen LogP contribution < -0.4 is 0 Å². The first kappa shape index (κ1) is 13.2. The smallest absolute Gasteiger partial charge is 0.274 e. The first-order chi connectivity index (χ1) is 9.20. The molecule has 0 atom stereocenters. The number of aromatic nitrogens is 2. The zero-order valence-electron chi connectivity index (χ0n) is 11.2. The predicted molar refractivity (Wildman–Crippen MR) is 73.6 cm³/mol. The Morgan fingerprint density at radius 1 is 1.11 bits per heavy atom. The molecule has 4 nitrogen and oxygen atoms in total. The normalized spacial score (nSPS) is 10.2. The summed E-state index contributed by atoms with van der Waals surface area (Å²) in [7, 11) is 0. The van der Waals surface area contributed by atoms with Crippen LogP contribution in [0, 0.1) is 6.92 Å². The van der Waals surface area contributed by atoms with E-state index in [0.717, 1.165) is 11.3 Å². The Balaban J connectivity index is 2.13. The van der Waals surface area contributed by atoms with Crippen molar-refractivity contribution in [2.75, 3.05) is 6.54 Å². The Bertz CT molecular complexity index is 537. The number of hydrogen-bond acceptors (Lipinski definition) is 3. The number of nitrogens with zero attached hydrogens (tertiary/aromatic N) is 3. The van der Waals surface area contributed by atoms with E-state index >= 15 is 0 Å². The summed E-state index contributed by atoms with van der Waals surface area (Å²) in [5.41, 5.74) is 2.31. The summed E-state index contributed by atoms with van der Waals surface area (Å²) in [6.45, 7) is 5.04. The van der Waals surface area contributed by atoms with E-state index in [9.17, 15) is 4.79 Å². The van der Waals surface area contributed by atoms with Crippen LogP contribution in [0.1, 0.15) is 28.7 Å². The predicted octanol–water partition coefficient (Wildman–Crippen LogP) is 2.45. The number of amides is 1. The first-order valence-corrected chi connectivity index (χ1v) is 6.34. The molecule has 1 aromatic carbocycles. The van der Waals surface area contributed by atoms with Gasteiger partial charge in [-0.25, -0.2) is 0 Å². The zero-order chi connectivity index (χ0) is 13.7. The molecule has 98 valence electrons. The summed E-state index contributed by atoms with van der Waals surface area (Å²) < 4.78 is 0. The number of carbonyl (C=O) groups is 1. The van der Waals surface area contributed by atoms with Gasteiger partial charge in [0.05, 0.1) is 5.69 Å². The molecule has 0 saturated carbocycles. The lowest BCUT2D eigenvalue weighted by atomic mass is 10.2. The molecule has 2 aromatic rings. The van der Waals surface area contributed by atoms with Crippen molar-refractivity contribution in [1.82, 2.24) is 15.1 Å². The lowest BCUT2D eigenvalue weighted by Gasteiger charge is -2.20. The topological polar surface area (TPSA) is 46.1 Å². The van der Waals surface area contributed by atoms with Crippen molar-refractivity contribution >= 4 is 5.91 Å². The Hall–Kier alpha value is -2.23. The van der Waals surface area contributed by atoms with Crippen molar-refractivity contribution in [2.24, 2.45) is 0 Å². The van der Waals surface area contributed by atoms with Gasteiger partial charge in [0.15, 0.2) is 5.69 Å². The van der Waals surface area contributed by atoms with E-state index in [0.29, 0.717) is 18.8 Å². The fraction of sp³-hybridized carbons (Fsp3) is 0.267. The van der Waals surface area contributed by atoms with Gasteiger partial charge in [0.2, 0.25) is 0 Å². The average molecular weight is 255 g/mol. The molecule has 0 bridgehead atoms. The molecule has 0 aliphatic carbocycles. The third-order valence-electron chi connectivity index (χ3n) is 2.90. The van der Waals surface area contributed by atoms with Crippen molar-refractivity contribution in [1.29, 1.82) is 0 Å². The maximum Gasteiger partial charge on any atom is 0.274 e. The first-order valence-electron chi connectivity index (χ1n) is 6.34. The van der Waals surface area contributed by atoms with Crippen LogP contribution in [-0.2, 0) is 6.54 Å². The van der Waals surface area contributed by atoms with Crippen LogP contribution in [0.25, 0.3) is 0 Å². The summed E-state index contributed by atoms with van der Waals surface area (Å²) in [5.74, 6) is -0.0844. The molecule has 0 aliphatic rings. The molecular formula is C15H17N3O. The molecule has 0 fully saturated rings. The lowest BCUT2D eigenvalue weighted by Crippen LogP contribution is -2.31. The molecule has 1 heterocycles. The lowest BCUT2D eigenvalue weighted by molar-refractivity contribution is 0.0745. The van der Waals surface area contributed by atoms with Gasteiger partial charge in [0.25, 0.3) is 5.91 Å². The minimum absolute atomic E-state index is 0.0844. The largest absolute Gasteiger partial charge is 0.333 e. The van der Waals surface area contributed by atoms with E-state index in [1.54, 1.807) is 17.0 Å². The van der Waals surface area contributed by atoms with Gasteiger partial charge in [-0.05, 0) is 31.5 Å². The summed E-state index contributed by atoms with van der Waals surface area (Å²) >= 11 is 0. The van der Waals surface area contributed by atoms with E-state index < -0.39 is 0 Å². The van der Waals surface area contributed by atoms with Crippen LogP contribution in [0.3, 0.4) is 0 Å². The molecule has 0 spiro atoms. The molecule has 1 aromatic heterocycles. The Kier molecular flexibility index (Phi) is 4.23. The van der Waals surface area contributed by atoms with Crippen LogP contribution in [0.2, 0.25) is 0 Å². The SMILES string of the molecule is CCN(Cc1ccccc1)C(=O)c1ccc(C)nn1. The minimum Gasteiger partial charge on any atom is -0.333 e. The average Bonchev–Trinajstić information content (AvgIpc) is 2.46. The number of benzene rings is 1. The van der Waals surface area contributed by atoms with Crippen LogP contribution >= 0.6 is 0 Å². The van der Waals surface area contributed by atoms with Gasteiger partial charge in [0, 0.05) is 13.1 Å². The third kappa shape index (κ3) is 3.37. The Labute approximate surface area is 113 Å². The fourth-order valence-electron chi connectivity index (χ4n) is 1.81. The van der Waals surface area contributed by atoms with Gasteiger partial charge in [-0.2, -0.15) is 5.10 Å². The highest BCUT2D eigenvalue weighted by Crippen LogP contribution is 2.08. The summed E-state index contributed by atoms with van der Waals surface area (Å²) in [5, 5.41) is 7.87. The molecule has 2 rings (SSSR count). The fourth-order valence-corrected chi connectivity index (χ4v) is 1.81. The highest BCUT2D eigenvalue weighted by molar-refractivity contribution is 5.92. The highest BCUT2D eigenvalue weighted by atomic mass is 16.2. The van der Waals surface area contributed by atoms with Gasteiger partial charge < -0.3 is 4.90 Å². The van der Waals surface area contributed by atoms with Crippen molar-refractivity contribution in [3.63, 3.8) is 0 Å². The molecule has 0 aliphatic heterocycles. The van der Waals surface area contributed by atoms with E-state index in [1.807, 2.05) is 44.2 Å². The van der Waals surface area contributed by atoms with E-state index in [4.69, 9.17) is 0 Å². The molecule has 0 N–H and O–H groups in total. The van der Waals surface area contributed by atoms with Crippen LogP contribution in [0.4, 0.5) is 0 Å². The van der Waals surface area contributed by atoms with Gasteiger partial charge in [-0.3, -0.25) is 4.79 Å². The van der Waals surface area contributed by atoms with Gasteiger partial charge in [-0.1, -0.05) is 30.3 Å². The highest BCUT2D eigenvalue weighted by Gasteiger charge is 2.16. The Morgan fingerprint density at radius 3 is 2.42 bits per heavy atom. The van der Waals surface area contributed by atoms with E-state index in [2.05, 4.69) is 10.2 Å². The van der Waals surface area contributed by atoms with Crippen molar-refractivity contribution in [3.8, 4) is 0 Å². The number of carbonyl (C=O) groups excluding carboxylic acids is 1. The maximum atomic E-state index is 12.3. The molecule has 4 heteroatoms. The maximum absolute atomic E-state index is 12.3. The Morgan fingerprint density at radius 2 is 1.84 bits per heavy atom. The molecule has 0 unspecified atom stereocenters. The summed E-state index contributed by atoms with van der Waals surface area (Å²) in [6, 6.07) is 13.5. The van der Waals surface area contributed by atoms with E-state index in [1.165, 1.54) is 0 Å². The summed E-state index contributed by atoms with van der Waals surface area (Å²) in [4.78, 5) is 14.1. The van der Waals surface area contributed by atoms with Crippen LogP contribution in [-0.4, -0.2) is 27.5 Å². The minimum atomic E-state index is -0.0844. The van der Waals surface area contributed by atoms with E-state index in [-0.39, 0.29) is 5.91 Å². The standard InChI is InChI=1S/C15H17N3O/c1-3-18(11-13-7-5-4-6-8-13)15(19)14-10-9-12(2)16-17-14/h4-10H,3,11H2,1-2H3. The van der Waals surface area contributed by atoms with Crippen LogP contribution in [0.15, 0.2) is 42.5 Å². The molecular weight excluding hydrogens is 238 g/mol. The van der Waals surface area contributed by atoms with Crippen LogP contribution in [0.5, 0.6) is 0 Å². The second-order valence-corrected chi connectivity index (χ2v) is 4.36. The molecule has 1 amide bonds. The molecule has 19 heavy (non-hydrogen) atoms. The molecule has 0 saturated heterocycles. The van der Waals surface area contributed by atoms with Gasteiger partial charge >= 0.3 is 0 Å².